The third-order valence-corrected chi connectivity index (χ3v) is 3.32. The molecule has 0 bridgehead atoms. The van der Waals surface area contributed by atoms with Gasteiger partial charge in [-0.25, -0.2) is 15.8 Å². The van der Waals surface area contributed by atoms with E-state index in [1.54, 1.807) is 0 Å². The van der Waals surface area contributed by atoms with Gasteiger partial charge in [0, 0.05) is 14.1 Å². The van der Waals surface area contributed by atoms with E-state index in [2.05, 4.69) is 36.6 Å². The average Bonchev–Trinajstić information content (AvgIpc) is 2.41. The number of nitrogens with zero attached hydrogens (tertiary/aromatic N) is 3. The Kier molecular flexibility index (Phi) is 4.18. The Hall–Kier alpha value is -1.86. The molecule has 0 radical (unpaired) electrons. The van der Waals surface area contributed by atoms with Gasteiger partial charge in [-0.15, -0.1) is 0 Å². The van der Waals surface area contributed by atoms with Gasteiger partial charge in [0.2, 0.25) is 0 Å². The summed E-state index contributed by atoms with van der Waals surface area (Å²) in [5, 5.41) is 3.26. The Balaban J connectivity index is 2.37. The van der Waals surface area contributed by atoms with E-state index in [4.69, 9.17) is 5.84 Å². The van der Waals surface area contributed by atoms with E-state index in [-0.39, 0.29) is 0 Å². The highest BCUT2D eigenvalue weighted by atomic mass is 79.9. The smallest absolute Gasteiger partial charge is 0.159 e. The van der Waals surface area contributed by atoms with Crippen LogP contribution in [0.3, 0.4) is 0 Å². The van der Waals surface area contributed by atoms with Gasteiger partial charge in [0.1, 0.15) is 16.6 Å². The van der Waals surface area contributed by atoms with Crippen LogP contribution in [0.2, 0.25) is 0 Å². The van der Waals surface area contributed by atoms with Crippen LogP contribution in [0.25, 0.3) is 0 Å². The van der Waals surface area contributed by atoms with Gasteiger partial charge in [-0.05, 0) is 28.1 Å². The van der Waals surface area contributed by atoms with Crippen molar-refractivity contribution < 1.29 is 0 Å². The lowest BCUT2D eigenvalue weighted by Crippen LogP contribution is -2.12. The molecule has 0 amide bonds. The van der Waals surface area contributed by atoms with E-state index in [1.165, 1.54) is 6.33 Å². The van der Waals surface area contributed by atoms with E-state index in [9.17, 15) is 0 Å². The molecule has 0 unspecified atom stereocenters. The zero-order valence-electron chi connectivity index (χ0n) is 10.7. The van der Waals surface area contributed by atoms with Gasteiger partial charge in [-0.1, -0.05) is 12.1 Å². The maximum Gasteiger partial charge on any atom is 0.159 e. The second kappa shape index (κ2) is 5.85. The first-order valence-corrected chi connectivity index (χ1v) is 6.43. The van der Waals surface area contributed by atoms with Crippen LogP contribution < -0.4 is 21.5 Å². The van der Waals surface area contributed by atoms with Crippen LogP contribution in [-0.4, -0.2) is 24.1 Å². The number of para-hydroxylation sites is 2. The molecule has 0 fully saturated rings. The predicted octanol–water partition coefficient (Wildman–Crippen LogP) is 2.33. The summed E-state index contributed by atoms with van der Waals surface area (Å²) < 4.78 is 0.686. The van der Waals surface area contributed by atoms with Crippen molar-refractivity contribution in [1.29, 1.82) is 0 Å². The minimum absolute atomic E-state index is 0.528. The zero-order chi connectivity index (χ0) is 13.8. The van der Waals surface area contributed by atoms with Crippen LogP contribution in [0.15, 0.2) is 35.1 Å². The first-order chi connectivity index (χ1) is 9.13. The second-order valence-electron chi connectivity index (χ2n) is 4.07. The molecule has 0 aliphatic heterocycles. The molecular weight excluding hydrogens is 308 g/mol. The van der Waals surface area contributed by atoms with Crippen molar-refractivity contribution >= 4 is 38.9 Å². The van der Waals surface area contributed by atoms with Gasteiger partial charge in [-0.3, -0.25) is 0 Å². The largest absolute Gasteiger partial charge is 0.376 e. The van der Waals surface area contributed by atoms with Crippen molar-refractivity contribution in [2.75, 3.05) is 29.7 Å². The molecule has 0 spiro atoms. The predicted molar refractivity (Wildman–Crippen MR) is 81.6 cm³/mol. The Bertz CT molecular complexity index is 572. The molecule has 100 valence electrons. The number of benzene rings is 1. The number of hydrazine groups is 1. The number of nitrogens with one attached hydrogen (secondary N) is 2. The number of hydrogen-bond acceptors (Lipinski definition) is 6. The SMILES string of the molecule is CN(C)c1ccccc1Nc1ncnc(NN)c1Br. The first-order valence-electron chi connectivity index (χ1n) is 5.64. The van der Waals surface area contributed by atoms with Crippen molar-refractivity contribution in [3.05, 3.63) is 35.1 Å². The number of rotatable bonds is 4. The summed E-state index contributed by atoms with van der Waals surface area (Å²) in [4.78, 5) is 10.2. The summed E-state index contributed by atoms with van der Waals surface area (Å²) in [6.07, 6.45) is 1.44. The number of anilines is 4. The standard InChI is InChI=1S/C12H15BrN6/c1-19(2)9-6-4-3-5-8(9)17-11-10(13)12(18-14)16-7-15-11/h3-7H,14H2,1-2H3,(H2,15,16,17,18). The molecule has 0 saturated heterocycles. The third kappa shape index (κ3) is 2.94. The average molecular weight is 323 g/mol. The van der Waals surface area contributed by atoms with Crippen molar-refractivity contribution in [1.82, 2.24) is 9.97 Å². The zero-order valence-corrected chi connectivity index (χ0v) is 12.3. The van der Waals surface area contributed by atoms with Gasteiger partial charge in [0.15, 0.2) is 5.82 Å². The monoisotopic (exact) mass is 322 g/mol. The lowest BCUT2D eigenvalue weighted by atomic mass is 10.2. The van der Waals surface area contributed by atoms with Crippen LogP contribution >= 0.6 is 15.9 Å². The van der Waals surface area contributed by atoms with Crippen molar-refractivity contribution in [2.45, 2.75) is 0 Å². The molecule has 0 aliphatic carbocycles. The topological polar surface area (TPSA) is 79.1 Å². The molecule has 0 aliphatic rings. The highest BCUT2D eigenvalue weighted by Gasteiger charge is 2.10. The Morgan fingerprint density at radius 3 is 2.53 bits per heavy atom. The summed E-state index contributed by atoms with van der Waals surface area (Å²) in [7, 11) is 3.98. The van der Waals surface area contributed by atoms with E-state index >= 15 is 0 Å². The quantitative estimate of drug-likeness (QED) is 0.592. The highest BCUT2D eigenvalue weighted by Crippen LogP contribution is 2.32. The van der Waals surface area contributed by atoms with Crippen LogP contribution in [0.1, 0.15) is 0 Å². The lowest BCUT2D eigenvalue weighted by Gasteiger charge is -2.18. The third-order valence-electron chi connectivity index (χ3n) is 2.57. The summed E-state index contributed by atoms with van der Waals surface area (Å²) in [5.41, 5.74) is 4.53. The Morgan fingerprint density at radius 2 is 1.84 bits per heavy atom. The Morgan fingerprint density at radius 1 is 1.16 bits per heavy atom. The second-order valence-corrected chi connectivity index (χ2v) is 4.86. The molecule has 0 saturated carbocycles. The summed E-state index contributed by atoms with van der Waals surface area (Å²) >= 11 is 3.42. The van der Waals surface area contributed by atoms with E-state index in [1.807, 2.05) is 43.3 Å². The fourth-order valence-electron chi connectivity index (χ4n) is 1.65. The van der Waals surface area contributed by atoms with Gasteiger partial charge in [0.25, 0.3) is 0 Å². The number of hydrogen-bond donors (Lipinski definition) is 3. The fourth-order valence-corrected chi connectivity index (χ4v) is 2.07. The fraction of sp³-hybridized carbons (Fsp3) is 0.167. The van der Waals surface area contributed by atoms with Crippen molar-refractivity contribution in [2.24, 2.45) is 5.84 Å². The van der Waals surface area contributed by atoms with Gasteiger partial charge < -0.3 is 15.6 Å². The molecule has 1 heterocycles. The number of nitrogen functional groups attached to an aromatic ring is 1. The molecule has 7 heteroatoms. The van der Waals surface area contributed by atoms with Gasteiger partial charge in [0.05, 0.1) is 11.4 Å². The maximum atomic E-state index is 5.38. The molecule has 2 aromatic rings. The molecule has 0 atom stereocenters. The highest BCUT2D eigenvalue weighted by molar-refractivity contribution is 9.10. The van der Waals surface area contributed by atoms with Crippen LogP contribution in [0.4, 0.5) is 23.0 Å². The first kappa shape index (κ1) is 13.6. The number of aromatic nitrogens is 2. The Labute approximate surface area is 120 Å². The van der Waals surface area contributed by atoms with Gasteiger partial charge >= 0.3 is 0 Å². The molecule has 2 rings (SSSR count). The van der Waals surface area contributed by atoms with E-state index < -0.39 is 0 Å². The van der Waals surface area contributed by atoms with Gasteiger partial charge in [-0.2, -0.15) is 0 Å². The normalized spacial score (nSPS) is 10.1. The molecule has 19 heavy (non-hydrogen) atoms. The molecule has 4 N–H and O–H groups in total. The van der Waals surface area contributed by atoms with Crippen LogP contribution in [0.5, 0.6) is 0 Å². The summed E-state index contributed by atoms with van der Waals surface area (Å²) in [5.74, 6) is 6.56. The molecule has 1 aromatic carbocycles. The number of halogens is 1. The molecular formula is C12H15BrN6. The van der Waals surface area contributed by atoms with E-state index in [0.717, 1.165) is 11.4 Å². The van der Waals surface area contributed by atoms with E-state index in [0.29, 0.717) is 16.1 Å². The maximum absolute atomic E-state index is 5.38. The van der Waals surface area contributed by atoms with Crippen molar-refractivity contribution in [3.63, 3.8) is 0 Å². The molecule has 6 nitrogen and oxygen atoms in total. The summed E-state index contributed by atoms with van der Waals surface area (Å²) in [6, 6.07) is 7.97. The van der Waals surface area contributed by atoms with Crippen molar-refractivity contribution in [3.8, 4) is 0 Å². The van der Waals surface area contributed by atoms with Crippen LogP contribution in [0, 0.1) is 0 Å². The number of nitrogens with two attached hydrogens (primary N) is 1. The lowest BCUT2D eigenvalue weighted by molar-refractivity contribution is 1.11. The minimum atomic E-state index is 0.528. The molecule has 1 aromatic heterocycles. The summed E-state index contributed by atoms with van der Waals surface area (Å²) in [6.45, 7) is 0. The minimum Gasteiger partial charge on any atom is -0.376 e. The van der Waals surface area contributed by atoms with Crippen LogP contribution in [-0.2, 0) is 0 Å².